The van der Waals surface area contributed by atoms with E-state index in [2.05, 4.69) is 24.4 Å². The van der Waals surface area contributed by atoms with Gasteiger partial charge in [0, 0.05) is 11.3 Å². The highest BCUT2D eigenvalue weighted by Crippen LogP contribution is 2.34. The summed E-state index contributed by atoms with van der Waals surface area (Å²) >= 11 is 0. The number of fused-ring (bicyclic) bond motifs is 1. The molecular formula is C28H30N2O4. The SMILES string of the molecule is CC[C@H](c1ccccc1)N1Cc2cc(NC(=O)COc3ccccc3)ccc2O[C@H](CC)C1=O. The van der Waals surface area contributed by atoms with Crippen LogP contribution in [0.2, 0.25) is 0 Å². The van der Waals surface area contributed by atoms with E-state index in [4.69, 9.17) is 9.47 Å². The van der Waals surface area contributed by atoms with Gasteiger partial charge in [-0.2, -0.15) is 0 Å². The smallest absolute Gasteiger partial charge is 0.264 e. The van der Waals surface area contributed by atoms with Crippen LogP contribution in [0.25, 0.3) is 0 Å². The lowest BCUT2D eigenvalue weighted by atomic mass is 10.0. The van der Waals surface area contributed by atoms with Gasteiger partial charge in [-0.1, -0.05) is 62.4 Å². The normalized spacial score (nSPS) is 16.1. The van der Waals surface area contributed by atoms with E-state index in [-0.39, 0.29) is 24.5 Å². The Hall–Kier alpha value is -3.80. The van der Waals surface area contributed by atoms with Gasteiger partial charge in [0.2, 0.25) is 0 Å². The number of amides is 2. The minimum Gasteiger partial charge on any atom is -0.484 e. The van der Waals surface area contributed by atoms with Crippen LogP contribution in [0.3, 0.4) is 0 Å². The molecule has 3 aromatic carbocycles. The Kier molecular flexibility index (Phi) is 7.48. The number of benzene rings is 3. The highest BCUT2D eigenvalue weighted by atomic mass is 16.5. The molecule has 1 heterocycles. The Morgan fingerprint density at radius 2 is 1.76 bits per heavy atom. The van der Waals surface area contributed by atoms with Crippen LogP contribution in [0.5, 0.6) is 11.5 Å². The van der Waals surface area contributed by atoms with Gasteiger partial charge in [-0.15, -0.1) is 0 Å². The second kappa shape index (κ2) is 10.9. The Morgan fingerprint density at radius 1 is 1.06 bits per heavy atom. The van der Waals surface area contributed by atoms with E-state index in [9.17, 15) is 9.59 Å². The van der Waals surface area contributed by atoms with E-state index >= 15 is 0 Å². The molecular weight excluding hydrogens is 428 g/mol. The van der Waals surface area contributed by atoms with Crippen molar-refractivity contribution in [1.82, 2.24) is 4.90 Å². The molecule has 0 saturated heterocycles. The maximum atomic E-state index is 13.4. The third-order valence-electron chi connectivity index (χ3n) is 5.94. The molecule has 1 aliphatic heterocycles. The van der Waals surface area contributed by atoms with Crippen molar-refractivity contribution < 1.29 is 19.1 Å². The molecule has 34 heavy (non-hydrogen) atoms. The molecule has 6 heteroatoms. The summed E-state index contributed by atoms with van der Waals surface area (Å²) < 4.78 is 11.7. The predicted molar refractivity (Wildman–Crippen MR) is 132 cm³/mol. The fraction of sp³-hybridized carbons (Fsp3) is 0.286. The number of carbonyl (C=O) groups is 2. The molecule has 0 spiro atoms. The van der Waals surface area contributed by atoms with Crippen molar-refractivity contribution in [2.24, 2.45) is 0 Å². The zero-order valence-electron chi connectivity index (χ0n) is 19.6. The summed E-state index contributed by atoms with van der Waals surface area (Å²) in [5.41, 5.74) is 2.60. The summed E-state index contributed by atoms with van der Waals surface area (Å²) in [6.07, 6.45) is 0.822. The van der Waals surface area contributed by atoms with Crippen molar-refractivity contribution in [3.63, 3.8) is 0 Å². The van der Waals surface area contributed by atoms with Gasteiger partial charge in [0.15, 0.2) is 12.7 Å². The first-order chi connectivity index (χ1) is 16.6. The quantitative estimate of drug-likeness (QED) is 0.494. The first kappa shape index (κ1) is 23.4. The third kappa shape index (κ3) is 5.39. The van der Waals surface area contributed by atoms with Crippen LogP contribution in [0.15, 0.2) is 78.9 Å². The van der Waals surface area contributed by atoms with Crippen molar-refractivity contribution in [1.29, 1.82) is 0 Å². The van der Waals surface area contributed by atoms with E-state index in [0.29, 0.717) is 30.2 Å². The lowest BCUT2D eigenvalue weighted by molar-refractivity contribution is -0.141. The Labute approximate surface area is 200 Å². The monoisotopic (exact) mass is 458 g/mol. The second-order valence-corrected chi connectivity index (χ2v) is 8.29. The molecule has 0 aliphatic carbocycles. The van der Waals surface area contributed by atoms with Crippen LogP contribution < -0.4 is 14.8 Å². The lowest BCUT2D eigenvalue weighted by Crippen LogP contribution is -2.41. The number of anilines is 1. The highest BCUT2D eigenvalue weighted by molar-refractivity contribution is 5.92. The molecule has 0 saturated carbocycles. The average molecular weight is 459 g/mol. The van der Waals surface area contributed by atoms with Crippen molar-refractivity contribution in [2.75, 3.05) is 11.9 Å². The van der Waals surface area contributed by atoms with E-state index in [1.54, 1.807) is 18.2 Å². The van der Waals surface area contributed by atoms with Gasteiger partial charge in [-0.3, -0.25) is 9.59 Å². The summed E-state index contributed by atoms with van der Waals surface area (Å²) in [7, 11) is 0. The first-order valence-corrected chi connectivity index (χ1v) is 11.7. The average Bonchev–Trinajstić information content (AvgIpc) is 3.01. The fourth-order valence-corrected chi connectivity index (χ4v) is 4.24. The van der Waals surface area contributed by atoms with Crippen LogP contribution in [0.1, 0.15) is 43.9 Å². The van der Waals surface area contributed by atoms with Crippen LogP contribution in [-0.4, -0.2) is 29.4 Å². The molecule has 0 fully saturated rings. The largest absolute Gasteiger partial charge is 0.484 e. The minimum absolute atomic E-state index is 0.0174. The maximum absolute atomic E-state index is 13.4. The van der Waals surface area contributed by atoms with Gasteiger partial charge in [-0.05, 0) is 48.7 Å². The highest BCUT2D eigenvalue weighted by Gasteiger charge is 2.34. The Balaban J connectivity index is 1.54. The molecule has 0 unspecified atom stereocenters. The zero-order chi connectivity index (χ0) is 23.9. The predicted octanol–water partition coefficient (Wildman–Crippen LogP) is 5.36. The Morgan fingerprint density at radius 3 is 2.44 bits per heavy atom. The summed E-state index contributed by atoms with van der Waals surface area (Å²) in [4.78, 5) is 27.8. The van der Waals surface area contributed by atoms with Crippen molar-refractivity contribution in [3.05, 3.63) is 90.0 Å². The molecule has 1 N–H and O–H groups in total. The number of hydrogen-bond donors (Lipinski definition) is 1. The number of rotatable bonds is 8. The first-order valence-electron chi connectivity index (χ1n) is 11.7. The van der Waals surface area contributed by atoms with E-state index in [1.165, 1.54) is 0 Å². The van der Waals surface area contributed by atoms with Gasteiger partial charge in [0.05, 0.1) is 12.6 Å². The summed E-state index contributed by atoms with van der Waals surface area (Å²) in [6, 6.07) is 24.7. The van der Waals surface area contributed by atoms with Crippen LogP contribution in [0, 0.1) is 0 Å². The molecule has 2 amide bonds. The van der Waals surface area contributed by atoms with Crippen LogP contribution >= 0.6 is 0 Å². The van der Waals surface area contributed by atoms with Crippen molar-refractivity contribution in [2.45, 2.75) is 45.4 Å². The van der Waals surface area contributed by atoms with E-state index < -0.39 is 6.10 Å². The molecule has 2 atom stereocenters. The number of hydrogen-bond acceptors (Lipinski definition) is 4. The number of ether oxygens (including phenoxy) is 2. The van der Waals surface area contributed by atoms with Gasteiger partial charge >= 0.3 is 0 Å². The number of nitrogens with one attached hydrogen (secondary N) is 1. The zero-order valence-corrected chi connectivity index (χ0v) is 19.6. The van der Waals surface area contributed by atoms with E-state index in [1.807, 2.05) is 60.4 Å². The summed E-state index contributed by atoms with van der Waals surface area (Å²) in [5, 5.41) is 2.89. The number of nitrogens with zero attached hydrogens (tertiary/aromatic N) is 1. The molecule has 0 bridgehead atoms. The lowest BCUT2D eigenvalue weighted by Gasteiger charge is -2.32. The second-order valence-electron chi connectivity index (χ2n) is 8.29. The molecule has 0 radical (unpaired) electrons. The molecule has 1 aliphatic rings. The topological polar surface area (TPSA) is 67.9 Å². The minimum atomic E-state index is -0.543. The van der Waals surface area contributed by atoms with Gasteiger partial charge in [-0.25, -0.2) is 0 Å². The Bertz CT molecular complexity index is 1120. The molecule has 6 nitrogen and oxygen atoms in total. The number of para-hydroxylation sites is 1. The third-order valence-corrected chi connectivity index (χ3v) is 5.94. The standard InChI is InChI=1S/C28H30N2O4/c1-3-24(20-11-7-5-8-12-20)30-18-21-17-22(15-16-26(21)34-25(4-2)28(30)32)29-27(31)19-33-23-13-9-6-10-14-23/h5-17,24-25H,3-4,18-19H2,1-2H3,(H,29,31)/t24-,25-/m1/s1. The van der Waals surface area contributed by atoms with Gasteiger partial charge < -0.3 is 19.7 Å². The van der Waals surface area contributed by atoms with Crippen LogP contribution in [0.4, 0.5) is 5.69 Å². The number of carbonyl (C=O) groups excluding carboxylic acids is 2. The molecule has 4 rings (SSSR count). The molecule has 176 valence electrons. The summed E-state index contributed by atoms with van der Waals surface area (Å²) in [5.74, 6) is 1.04. The van der Waals surface area contributed by atoms with Crippen LogP contribution in [-0.2, 0) is 16.1 Å². The molecule has 0 aromatic heterocycles. The summed E-state index contributed by atoms with van der Waals surface area (Å²) in [6.45, 7) is 4.35. The van der Waals surface area contributed by atoms with Gasteiger partial charge in [0.25, 0.3) is 11.8 Å². The van der Waals surface area contributed by atoms with Gasteiger partial charge in [0.1, 0.15) is 11.5 Å². The maximum Gasteiger partial charge on any atom is 0.264 e. The van der Waals surface area contributed by atoms with Crippen molar-refractivity contribution in [3.8, 4) is 11.5 Å². The van der Waals surface area contributed by atoms with Crippen molar-refractivity contribution >= 4 is 17.5 Å². The fourth-order valence-electron chi connectivity index (χ4n) is 4.24. The van der Waals surface area contributed by atoms with E-state index in [0.717, 1.165) is 17.5 Å². The molecule has 3 aromatic rings.